The monoisotopic (exact) mass is 289 g/mol. The van der Waals surface area contributed by atoms with Crippen molar-refractivity contribution in [3.63, 3.8) is 0 Å². The molecule has 4 nitrogen and oxygen atoms in total. The number of hydrogen-bond donors (Lipinski definition) is 0. The van der Waals surface area contributed by atoms with Crippen molar-refractivity contribution in [2.45, 2.75) is 45.8 Å². The van der Waals surface area contributed by atoms with Crippen molar-refractivity contribution >= 4 is 27.0 Å². The Bertz CT molecular complexity index is 517. The first-order valence-electron chi connectivity index (χ1n) is 6.09. The van der Waals surface area contributed by atoms with E-state index < -0.39 is 9.84 Å². The van der Waals surface area contributed by atoms with Gasteiger partial charge in [-0.25, -0.2) is 13.4 Å². The number of Topliss-reactive ketones (excluding diaryl/α,β-unsaturated/α-hetero) is 1. The van der Waals surface area contributed by atoms with Crippen LogP contribution in [-0.2, 0) is 22.0 Å². The SMILES string of the molecule is CCCc1nc(CS(=O)(=O)CCC)sc1C(C)=O. The molecule has 0 aliphatic carbocycles. The first-order valence-corrected chi connectivity index (χ1v) is 8.73. The Kier molecular flexibility index (Phi) is 5.47. The molecule has 1 aromatic rings. The van der Waals surface area contributed by atoms with E-state index in [1.54, 1.807) is 0 Å². The van der Waals surface area contributed by atoms with E-state index in [1.165, 1.54) is 18.3 Å². The summed E-state index contributed by atoms with van der Waals surface area (Å²) in [6, 6.07) is 0. The van der Waals surface area contributed by atoms with Gasteiger partial charge in [-0.2, -0.15) is 0 Å². The number of aryl methyl sites for hydroxylation is 1. The molecule has 0 fully saturated rings. The molecule has 0 unspecified atom stereocenters. The Morgan fingerprint density at radius 3 is 2.44 bits per heavy atom. The van der Waals surface area contributed by atoms with Gasteiger partial charge in [0.1, 0.15) is 10.8 Å². The number of sulfone groups is 1. The maximum atomic E-state index is 11.7. The van der Waals surface area contributed by atoms with E-state index >= 15 is 0 Å². The summed E-state index contributed by atoms with van der Waals surface area (Å²) >= 11 is 1.22. The van der Waals surface area contributed by atoms with Crippen LogP contribution in [-0.4, -0.2) is 24.9 Å². The molecule has 1 heterocycles. The lowest BCUT2D eigenvalue weighted by molar-refractivity contribution is 0.102. The summed E-state index contributed by atoms with van der Waals surface area (Å²) in [5, 5.41) is 0.539. The molecule has 0 amide bonds. The van der Waals surface area contributed by atoms with Crippen LogP contribution in [0.1, 0.15) is 54.0 Å². The van der Waals surface area contributed by atoms with Crippen LogP contribution >= 0.6 is 11.3 Å². The Morgan fingerprint density at radius 1 is 1.28 bits per heavy atom. The molecule has 0 radical (unpaired) electrons. The molecular formula is C12H19NO3S2. The molecular weight excluding hydrogens is 270 g/mol. The quantitative estimate of drug-likeness (QED) is 0.724. The van der Waals surface area contributed by atoms with Gasteiger partial charge in [-0.15, -0.1) is 11.3 Å². The number of hydrogen-bond acceptors (Lipinski definition) is 5. The van der Waals surface area contributed by atoms with Crippen LogP contribution in [0.4, 0.5) is 0 Å². The maximum Gasteiger partial charge on any atom is 0.171 e. The van der Waals surface area contributed by atoms with E-state index in [2.05, 4.69) is 4.98 Å². The highest BCUT2D eigenvalue weighted by molar-refractivity contribution is 7.90. The van der Waals surface area contributed by atoms with Gasteiger partial charge in [-0.3, -0.25) is 4.79 Å². The molecule has 6 heteroatoms. The zero-order chi connectivity index (χ0) is 13.8. The van der Waals surface area contributed by atoms with Gasteiger partial charge in [0, 0.05) is 6.92 Å². The molecule has 0 bridgehead atoms. The fraction of sp³-hybridized carbons (Fsp3) is 0.667. The number of ketones is 1. The van der Waals surface area contributed by atoms with Gasteiger partial charge in [0.15, 0.2) is 15.6 Å². The van der Waals surface area contributed by atoms with Gasteiger partial charge in [-0.1, -0.05) is 20.3 Å². The van der Waals surface area contributed by atoms with Crippen LogP contribution in [0.25, 0.3) is 0 Å². The average Bonchev–Trinajstić information content (AvgIpc) is 2.60. The predicted molar refractivity (Wildman–Crippen MR) is 73.9 cm³/mol. The highest BCUT2D eigenvalue weighted by Crippen LogP contribution is 2.22. The third-order valence-corrected chi connectivity index (χ3v) is 5.53. The van der Waals surface area contributed by atoms with E-state index in [0.717, 1.165) is 18.5 Å². The summed E-state index contributed by atoms with van der Waals surface area (Å²) < 4.78 is 23.5. The summed E-state index contributed by atoms with van der Waals surface area (Å²) in [4.78, 5) is 16.4. The van der Waals surface area contributed by atoms with E-state index in [9.17, 15) is 13.2 Å². The second-order valence-corrected chi connectivity index (χ2v) is 7.55. The van der Waals surface area contributed by atoms with Gasteiger partial charge < -0.3 is 0 Å². The fourth-order valence-corrected chi connectivity index (χ4v) is 4.50. The average molecular weight is 289 g/mol. The van der Waals surface area contributed by atoms with E-state index in [1.807, 2.05) is 13.8 Å². The first-order chi connectivity index (χ1) is 8.39. The van der Waals surface area contributed by atoms with Crippen molar-refractivity contribution in [1.82, 2.24) is 4.98 Å². The van der Waals surface area contributed by atoms with Crippen LogP contribution in [0.5, 0.6) is 0 Å². The molecule has 18 heavy (non-hydrogen) atoms. The van der Waals surface area contributed by atoms with Crippen LogP contribution in [0.2, 0.25) is 0 Å². The second kappa shape index (κ2) is 6.43. The molecule has 0 spiro atoms. The van der Waals surface area contributed by atoms with E-state index in [0.29, 0.717) is 16.3 Å². The van der Waals surface area contributed by atoms with Crippen LogP contribution in [0, 0.1) is 0 Å². The Labute approximate surface area is 112 Å². The standard InChI is InChI=1S/C12H19NO3S2/c1-4-6-10-12(9(3)14)17-11(13-10)8-18(15,16)7-5-2/h4-8H2,1-3H3. The van der Waals surface area contributed by atoms with Gasteiger partial charge in [0.2, 0.25) is 0 Å². The molecule has 1 rings (SSSR count). The molecule has 0 aliphatic heterocycles. The van der Waals surface area contributed by atoms with Gasteiger partial charge in [0.05, 0.1) is 16.3 Å². The van der Waals surface area contributed by atoms with Crippen LogP contribution in [0.15, 0.2) is 0 Å². The summed E-state index contributed by atoms with van der Waals surface area (Å²) in [6.45, 7) is 5.34. The van der Waals surface area contributed by atoms with Crippen LogP contribution < -0.4 is 0 Å². The minimum Gasteiger partial charge on any atom is -0.294 e. The van der Waals surface area contributed by atoms with Crippen molar-refractivity contribution in [2.24, 2.45) is 0 Å². The third kappa shape index (κ3) is 4.17. The fourth-order valence-electron chi connectivity index (χ4n) is 1.72. The molecule has 1 aromatic heterocycles. The number of thiazole rings is 1. The molecule has 102 valence electrons. The third-order valence-electron chi connectivity index (χ3n) is 2.41. The van der Waals surface area contributed by atoms with Gasteiger partial charge in [0.25, 0.3) is 0 Å². The Balaban J connectivity index is 2.98. The zero-order valence-electron chi connectivity index (χ0n) is 11.0. The lowest BCUT2D eigenvalue weighted by Crippen LogP contribution is -2.08. The molecule has 0 saturated heterocycles. The van der Waals surface area contributed by atoms with Gasteiger partial charge >= 0.3 is 0 Å². The first kappa shape index (κ1) is 15.3. The van der Waals surface area contributed by atoms with Crippen molar-refractivity contribution in [3.8, 4) is 0 Å². The van der Waals surface area contributed by atoms with Crippen molar-refractivity contribution in [2.75, 3.05) is 5.75 Å². The summed E-state index contributed by atoms with van der Waals surface area (Å²) in [7, 11) is -3.09. The number of nitrogens with zero attached hydrogens (tertiary/aromatic N) is 1. The Hall–Kier alpha value is -0.750. The molecule has 0 aliphatic rings. The van der Waals surface area contributed by atoms with Gasteiger partial charge in [-0.05, 0) is 12.8 Å². The minimum absolute atomic E-state index is 0.0323. The maximum absolute atomic E-state index is 11.7. The second-order valence-electron chi connectivity index (χ2n) is 4.28. The van der Waals surface area contributed by atoms with Crippen molar-refractivity contribution < 1.29 is 13.2 Å². The zero-order valence-corrected chi connectivity index (χ0v) is 12.7. The smallest absolute Gasteiger partial charge is 0.171 e. The number of carbonyl (C=O) groups is 1. The number of aromatic nitrogens is 1. The molecule has 0 saturated carbocycles. The summed E-state index contributed by atoms with van der Waals surface area (Å²) in [5.74, 6) is 0.0933. The highest BCUT2D eigenvalue weighted by atomic mass is 32.2. The predicted octanol–water partition coefficient (Wildman–Crippen LogP) is 2.62. The Morgan fingerprint density at radius 2 is 1.94 bits per heavy atom. The lowest BCUT2D eigenvalue weighted by Gasteiger charge is -1.98. The lowest BCUT2D eigenvalue weighted by atomic mass is 10.2. The highest BCUT2D eigenvalue weighted by Gasteiger charge is 2.18. The number of rotatable bonds is 7. The molecule has 0 aromatic carbocycles. The topological polar surface area (TPSA) is 64.1 Å². The van der Waals surface area contributed by atoms with E-state index in [-0.39, 0.29) is 17.3 Å². The largest absolute Gasteiger partial charge is 0.294 e. The number of carbonyl (C=O) groups excluding carboxylic acids is 1. The minimum atomic E-state index is -3.09. The summed E-state index contributed by atoms with van der Waals surface area (Å²) in [5.41, 5.74) is 0.747. The normalized spacial score (nSPS) is 11.7. The van der Waals surface area contributed by atoms with E-state index in [4.69, 9.17) is 0 Å². The van der Waals surface area contributed by atoms with Crippen molar-refractivity contribution in [3.05, 3.63) is 15.6 Å². The van der Waals surface area contributed by atoms with Crippen molar-refractivity contribution in [1.29, 1.82) is 0 Å². The van der Waals surface area contributed by atoms with Crippen LogP contribution in [0.3, 0.4) is 0 Å². The summed E-state index contributed by atoms with van der Waals surface area (Å²) in [6.07, 6.45) is 2.22. The molecule has 0 atom stereocenters. The molecule has 0 N–H and O–H groups in total.